The zero-order chi connectivity index (χ0) is 13.7. The van der Waals surface area contributed by atoms with Gasteiger partial charge in [0.2, 0.25) is 0 Å². The molecule has 0 saturated heterocycles. The molecule has 2 saturated carbocycles. The molecule has 0 radical (unpaired) electrons. The Morgan fingerprint density at radius 2 is 1.89 bits per heavy atom. The van der Waals surface area contributed by atoms with Crippen molar-refractivity contribution in [1.29, 1.82) is 0 Å². The Morgan fingerprint density at radius 1 is 1.21 bits per heavy atom. The maximum Gasteiger partial charge on any atom is 0.0223 e. The lowest BCUT2D eigenvalue weighted by Gasteiger charge is -2.34. The summed E-state index contributed by atoms with van der Waals surface area (Å²) in [6.07, 6.45) is 10.0. The van der Waals surface area contributed by atoms with Gasteiger partial charge in [0, 0.05) is 19.1 Å². The molecule has 3 unspecified atom stereocenters. The van der Waals surface area contributed by atoms with E-state index in [0.717, 1.165) is 23.8 Å². The zero-order valence-electron chi connectivity index (χ0n) is 13.3. The van der Waals surface area contributed by atoms with E-state index in [2.05, 4.69) is 31.1 Å². The topological polar surface area (TPSA) is 15.3 Å². The molecule has 1 N–H and O–H groups in total. The van der Waals surface area contributed by atoms with Gasteiger partial charge in [-0.2, -0.15) is 0 Å². The number of hydrogen-bond acceptors (Lipinski definition) is 2. The van der Waals surface area contributed by atoms with Gasteiger partial charge in [-0.25, -0.2) is 0 Å². The summed E-state index contributed by atoms with van der Waals surface area (Å²) >= 11 is 0. The molecular formula is C17H34N2. The molecule has 0 aromatic carbocycles. The quantitative estimate of drug-likeness (QED) is 0.723. The van der Waals surface area contributed by atoms with E-state index in [-0.39, 0.29) is 0 Å². The molecule has 2 aliphatic rings. The Bertz CT molecular complexity index is 248. The zero-order valence-corrected chi connectivity index (χ0v) is 13.3. The highest BCUT2D eigenvalue weighted by atomic mass is 15.1. The number of likely N-dealkylation sites (N-methyl/N-ethyl adjacent to an activating group) is 1. The maximum atomic E-state index is 3.83. The van der Waals surface area contributed by atoms with E-state index in [9.17, 15) is 0 Å². The number of rotatable bonds is 8. The molecule has 0 aliphatic heterocycles. The van der Waals surface area contributed by atoms with Crippen LogP contribution in [0.15, 0.2) is 0 Å². The predicted octanol–water partition coefficient (Wildman–Crippen LogP) is 3.52. The SMILES string of the molecule is CCCNC(CN(C)CC1CC1C)C1CCCCC1. The van der Waals surface area contributed by atoms with Gasteiger partial charge in [0.15, 0.2) is 0 Å². The standard InChI is InChI=1S/C17H34N2/c1-4-10-18-17(15-8-6-5-7-9-15)13-19(3)12-16-11-14(16)2/h14-18H,4-13H2,1-3H3. The summed E-state index contributed by atoms with van der Waals surface area (Å²) in [5.41, 5.74) is 0. The summed E-state index contributed by atoms with van der Waals surface area (Å²) < 4.78 is 0. The summed E-state index contributed by atoms with van der Waals surface area (Å²) in [6.45, 7) is 8.44. The van der Waals surface area contributed by atoms with Crippen molar-refractivity contribution < 1.29 is 0 Å². The molecule has 3 atom stereocenters. The number of hydrogen-bond donors (Lipinski definition) is 1. The van der Waals surface area contributed by atoms with Gasteiger partial charge < -0.3 is 10.2 Å². The Kier molecular flexibility index (Phi) is 6.15. The average molecular weight is 266 g/mol. The van der Waals surface area contributed by atoms with Crippen LogP contribution >= 0.6 is 0 Å². The molecule has 0 aromatic heterocycles. The largest absolute Gasteiger partial charge is 0.312 e. The van der Waals surface area contributed by atoms with E-state index >= 15 is 0 Å². The van der Waals surface area contributed by atoms with Gasteiger partial charge in [-0.1, -0.05) is 33.1 Å². The minimum Gasteiger partial charge on any atom is -0.312 e. The minimum absolute atomic E-state index is 0.735. The third-order valence-electron chi connectivity index (χ3n) is 5.21. The summed E-state index contributed by atoms with van der Waals surface area (Å²) in [7, 11) is 2.33. The molecule has 0 aromatic rings. The van der Waals surface area contributed by atoms with Crippen molar-refractivity contribution in [2.24, 2.45) is 17.8 Å². The van der Waals surface area contributed by atoms with Crippen LogP contribution in [0.1, 0.15) is 58.8 Å². The lowest BCUT2D eigenvalue weighted by Crippen LogP contribution is -2.46. The fourth-order valence-corrected chi connectivity index (χ4v) is 3.71. The second-order valence-electron chi connectivity index (χ2n) is 7.15. The van der Waals surface area contributed by atoms with Crippen LogP contribution in [0.5, 0.6) is 0 Å². The van der Waals surface area contributed by atoms with Gasteiger partial charge in [-0.3, -0.25) is 0 Å². The molecule has 19 heavy (non-hydrogen) atoms. The monoisotopic (exact) mass is 266 g/mol. The lowest BCUT2D eigenvalue weighted by molar-refractivity contribution is 0.200. The fraction of sp³-hybridized carbons (Fsp3) is 1.00. The smallest absolute Gasteiger partial charge is 0.0223 e. The molecule has 0 amide bonds. The van der Waals surface area contributed by atoms with Crippen LogP contribution in [0.2, 0.25) is 0 Å². The molecule has 2 rings (SSSR count). The first-order valence-electron chi connectivity index (χ1n) is 8.62. The normalized spacial score (nSPS) is 29.7. The Morgan fingerprint density at radius 3 is 2.47 bits per heavy atom. The molecule has 2 fully saturated rings. The van der Waals surface area contributed by atoms with Crippen LogP contribution in [0.4, 0.5) is 0 Å². The predicted molar refractivity (Wildman–Crippen MR) is 83.4 cm³/mol. The third-order valence-corrected chi connectivity index (χ3v) is 5.21. The Balaban J connectivity index is 1.77. The number of nitrogens with one attached hydrogen (secondary N) is 1. The van der Waals surface area contributed by atoms with E-state index < -0.39 is 0 Å². The lowest BCUT2D eigenvalue weighted by atomic mass is 9.83. The van der Waals surface area contributed by atoms with Gasteiger partial charge in [0.25, 0.3) is 0 Å². The van der Waals surface area contributed by atoms with Crippen molar-refractivity contribution in [2.75, 3.05) is 26.7 Å². The van der Waals surface area contributed by atoms with Crippen LogP contribution in [-0.2, 0) is 0 Å². The summed E-state index contributed by atoms with van der Waals surface area (Å²) in [5.74, 6) is 2.90. The Labute approximate surface area is 120 Å². The second-order valence-corrected chi connectivity index (χ2v) is 7.15. The van der Waals surface area contributed by atoms with Gasteiger partial charge in [-0.05, 0) is 57.0 Å². The average Bonchev–Trinajstić information content (AvgIpc) is 3.10. The van der Waals surface area contributed by atoms with Crippen molar-refractivity contribution in [2.45, 2.75) is 64.8 Å². The fourth-order valence-electron chi connectivity index (χ4n) is 3.71. The van der Waals surface area contributed by atoms with Crippen molar-refractivity contribution in [1.82, 2.24) is 10.2 Å². The van der Waals surface area contributed by atoms with E-state index in [1.807, 2.05) is 0 Å². The second kappa shape index (κ2) is 7.64. The van der Waals surface area contributed by atoms with Crippen LogP contribution in [-0.4, -0.2) is 37.6 Å². The van der Waals surface area contributed by atoms with Gasteiger partial charge in [0.1, 0.15) is 0 Å². The first kappa shape index (κ1) is 15.3. The summed E-state index contributed by atoms with van der Waals surface area (Å²) in [5, 5.41) is 3.83. The molecule has 0 spiro atoms. The Hall–Kier alpha value is -0.0800. The summed E-state index contributed by atoms with van der Waals surface area (Å²) in [6, 6.07) is 0.735. The molecular weight excluding hydrogens is 232 g/mol. The van der Waals surface area contributed by atoms with Crippen molar-refractivity contribution in [3.63, 3.8) is 0 Å². The van der Waals surface area contributed by atoms with Gasteiger partial charge >= 0.3 is 0 Å². The van der Waals surface area contributed by atoms with Gasteiger partial charge in [0.05, 0.1) is 0 Å². The van der Waals surface area contributed by atoms with E-state index in [4.69, 9.17) is 0 Å². The molecule has 2 nitrogen and oxygen atoms in total. The van der Waals surface area contributed by atoms with Gasteiger partial charge in [-0.15, -0.1) is 0 Å². The van der Waals surface area contributed by atoms with E-state index in [0.29, 0.717) is 0 Å². The first-order valence-corrected chi connectivity index (χ1v) is 8.62. The summed E-state index contributed by atoms with van der Waals surface area (Å²) in [4.78, 5) is 2.59. The third kappa shape index (κ3) is 5.07. The molecule has 2 aliphatic carbocycles. The minimum atomic E-state index is 0.735. The van der Waals surface area contributed by atoms with E-state index in [1.165, 1.54) is 64.6 Å². The first-order chi connectivity index (χ1) is 9.20. The molecule has 0 bridgehead atoms. The van der Waals surface area contributed by atoms with Crippen molar-refractivity contribution in [3.8, 4) is 0 Å². The number of nitrogens with zero attached hydrogens (tertiary/aromatic N) is 1. The highest BCUT2D eigenvalue weighted by Crippen LogP contribution is 2.38. The molecule has 0 heterocycles. The van der Waals surface area contributed by atoms with Crippen LogP contribution in [0.25, 0.3) is 0 Å². The van der Waals surface area contributed by atoms with Crippen LogP contribution < -0.4 is 5.32 Å². The maximum absolute atomic E-state index is 3.83. The molecule has 2 heteroatoms. The van der Waals surface area contributed by atoms with Crippen LogP contribution in [0.3, 0.4) is 0 Å². The highest BCUT2D eigenvalue weighted by Gasteiger charge is 2.34. The van der Waals surface area contributed by atoms with E-state index in [1.54, 1.807) is 0 Å². The van der Waals surface area contributed by atoms with Crippen molar-refractivity contribution >= 4 is 0 Å². The highest BCUT2D eigenvalue weighted by molar-refractivity contribution is 4.87. The van der Waals surface area contributed by atoms with Crippen LogP contribution in [0, 0.1) is 17.8 Å². The van der Waals surface area contributed by atoms with Crippen molar-refractivity contribution in [3.05, 3.63) is 0 Å². The molecule has 112 valence electrons.